The summed E-state index contributed by atoms with van der Waals surface area (Å²) < 4.78 is 5.44. The molecule has 5 nitrogen and oxygen atoms in total. The zero-order chi connectivity index (χ0) is 18.4. The highest BCUT2D eigenvalue weighted by Crippen LogP contribution is 2.21. The smallest absolute Gasteiger partial charge is 0.312 e. The van der Waals surface area contributed by atoms with E-state index in [0.717, 1.165) is 21.9 Å². The van der Waals surface area contributed by atoms with Crippen molar-refractivity contribution in [2.45, 2.75) is 19.1 Å². The molecule has 3 aromatic rings. The van der Waals surface area contributed by atoms with Crippen LogP contribution in [-0.2, 0) is 16.1 Å². The van der Waals surface area contributed by atoms with Crippen molar-refractivity contribution >= 4 is 22.8 Å². The van der Waals surface area contributed by atoms with E-state index < -0.39 is 18.0 Å². The van der Waals surface area contributed by atoms with Gasteiger partial charge in [-0.05, 0) is 21.9 Å². The number of fused-ring (bicyclic) bond motifs is 1. The first-order valence-corrected chi connectivity index (χ1v) is 8.36. The fraction of sp³-hybridized carbons (Fsp3) is 0.143. The van der Waals surface area contributed by atoms with Crippen LogP contribution in [0, 0.1) is 0 Å². The number of primary amides is 1. The summed E-state index contributed by atoms with van der Waals surface area (Å²) in [4.78, 5) is 23.6. The molecule has 0 heterocycles. The van der Waals surface area contributed by atoms with Gasteiger partial charge in [-0.15, -0.1) is 0 Å². The summed E-state index contributed by atoms with van der Waals surface area (Å²) in [7, 11) is 0. The van der Waals surface area contributed by atoms with Gasteiger partial charge in [-0.3, -0.25) is 4.79 Å². The number of hydrogen-bond donors (Lipinski definition) is 2. The maximum Gasteiger partial charge on any atom is 0.312 e. The number of amides is 2. The van der Waals surface area contributed by atoms with Gasteiger partial charge in [0.05, 0.1) is 12.5 Å². The van der Waals surface area contributed by atoms with Crippen LogP contribution in [0.5, 0.6) is 0 Å². The zero-order valence-corrected chi connectivity index (χ0v) is 14.2. The molecule has 0 radical (unpaired) electrons. The minimum atomic E-state index is -0.680. The number of nitrogens with two attached hydrogens (primary N) is 1. The Hall–Kier alpha value is -3.34. The van der Waals surface area contributed by atoms with E-state index in [-0.39, 0.29) is 13.0 Å². The number of esters is 1. The van der Waals surface area contributed by atoms with Crippen molar-refractivity contribution in [1.29, 1.82) is 0 Å². The SMILES string of the molecule is NC(=O)N[C@@H](CC(=O)OCc1cccc2ccccc12)c1ccccc1. The third-order valence-electron chi connectivity index (χ3n) is 4.16. The third kappa shape index (κ3) is 4.39. The van der Waals surface area contributed by atoms with Gasteiger partial charge in [-0.1, -0.05) is 72.8 Å². The van der Waals surface area contributed by atoms with Crippen molar-refractivity contribution in [3.05, 3.63) is 83.9 Å². The Bertz CT molecular complexity index is 904. The topological polar surface area (TPSA) is 81.4 Å². The molecule has 0 aliphatic carbocycles. The van der Waals surface area contributed by atoms with Crippen LogP contribution in [0.1, 0.15) is 23.6 Å². The molecule has 132 valence electrons. The fourth-order valence-corrected chi connectivity index (χ4v) is 2.91. The number of carbonyl (C=O) groups is 2. The summed E-state index contributed by atoms with van der Waals surface area (Å²) in [6.07, 6.45) is 0.0116. The average Bonchev–Trinajstić information content (AvgIpc) is 2.66. The lowest BCUT2D eigenvalue weighted by atomic mass is 10.0. The van der Waals surface area contributed by atoms with Crippen molar-refractivity contribution < 1.29 is 14.3 Å². The Morgan fingerprint density at radius 3 is 2.38 bits per heavy atom. The number of carbonyl (C=O) groups excluding carboxylic acids is 2. The average molecular weight is 348 g/mol. The Labute approximate surface area is 151 Å². The molecule has 0 saturated heterocycles. The largest absolute Gasteiger partial charge is 0.461 e. The Morgan fingerprint density at radius 2 is 1.62 bits per heavy atom. The van der Waals surface area contributed by atoms with E-state index >= 15 is 0 Å². The van der Waals surface area contributed by atoms with Crippen LogP contribution in [0.2, 0.25) is 0 Å². The summed E-state index contributed by atoms with van der Waals surface area (Å²) in [5.74, 6) is -0.402. The van der Waals surface area contributed by atoms with Gasteiger partial charge in [0.2, 0.25) is 0 Å². The molecule has 3 aromatic carbocycles. The first-order chi connectivity index (χ1) is 12.6. The fourth-order valence-electron chi connectivity index (χ4n) is 2.91. The molecule has 0 saturated carbocycles. The van der Waals surface area contributed by atoms with E-state index in [0.29, 0.717) is 0 Å². The Kier molecular flexibility index (Phi) is 5.49. The van der Waals surface area contributed by atoms with Crippen molar-refractivity contribution in [3.8, 4) is 0 Å². The van der Waals surface area contributed by atoms with Gasteiger partial charge in [-0.2, -0.15) is 0 Å². The van der Waals surface area contributed by atoms with E-state index in [2.05, 4.69) is 5.32 Å². The maximum absolute atomic E-state index is 12.3. The summed E-state index contributed by atoms with van der Waals surface area (Å²) in [6.45, 7) is 0.179. The second kappa shape index (κ2) is 8.16. The Balaban J connectivity index is 1.67. The number of benzene rings is 3. The summed E-state index contributed by atoms with van der Waals surface area (Å²) in [5.41, 5.74) is 6.97. The van der Waals surface area contributed by atoms with Gasteiger partial charge < -0.3 is 15.8 Å². The van der Waals surface area contributed by atoms with Crippen LogP contribution in [0.4, 0.5) is 4.79 Å². The lowest BCUT2D eigenvalue weighted by Crippen LogP contribution is -2.34. The molecular weight excluding hydrogens is 328 g/mol. The second-order valence-corrected chi connectivity index (χ2v) is 5.97. The minimum Gasteiger partial charge on any atom is -0.461 e. The van der Waals surface area contributed by atoms with E-state index in [1.807, 2.05) is 72.8 Å². The predicted octanol–water partition coefficient (Wildman–Crippen LogP) is 3.68. The molecule has 0 spiro atoms. The van der Waals surface area contributed by atoms with Crippen molar-refractivity contribution in [2.24, 2.45) is 5.73 Å². The monoisotopic (exact) mass is 348 g/mol. The van der Waals surface area contributed by atoms with Gasteiger partial charge in [0.15, 0.2) is 0 Å². The van der Waals surface area contributed by atoms with Crippen molar-refractivity contribution in [2.75, 3.05) is 0 Å². The van der Waals surface area contributed by atoms with Crippen LogP contribution in [0.15, 0.2) is 72.8 Å². The zero-order valence-electron chi connectivity index (χ0n) is 14.2. The molecule has 26 heavy (non-hydrogen) atoms. The second-order valence-electron chi connectivity index (χ2n) is 5.97. The van der Waals surface area contributed by atoms with Crippen LogP contribution in [-0.4, -0.2) is 12.0 Å². The lowest BCUT2D eigenvalue weighted by molar-refractivity contribution is -0.145. The first-order valence-electron chi connectivity index (χ1n) is 8.36. The number of urea groups is 1. The normalized spacial score (nSPS) is 11.7. The lowest BCUT2D eigenvalue weighted by Gasteiger charge is -2.17. The molecule has 5 heteroatoms. The van der Waals surface area contributed by atoms with Gasteiger partial charge in [0.1, 0.15) is 6.61 Å². The number of hydrogen-bond acceptors (Lipinski definition) is 3. The summed E-state index contributed by atoms with van der Waals surface area (Å²) >= 11 is 0. The number of ether oxygens (including phenoxy) is 1. The van der Waals surface area contributed by atoms with Gasteiger partial charge in [0, 0.05) is 0 Å². The van der Waals surface area contributed by atoms with E-state index in [1.54, 1.807) is 0 Å². The number of nitrogens with one attached hydrogen (secondary N) is 1. The number of rotatable bonds is 6. The van der Waals surface area contributed by atoms with Crippen molar-refractivity contribution in [1.82, 2.24) is 5.32 Å². The van der Waals surface area contributed by atoms with Crippen LogP contribution < -0.4 is 11.1 Å². The van der Waals surface area contributed by atoms with Crippen LogP contribution >= 0.6 is 0 Å². The summed E-state index contributed by atoms with van der Waals surface area (Å²) in [5, 5.41) is 4.74. The van der Waals surface area contributed by atoms with Gasteiger partial charge >= 0.3 is 12.0 Å². The van der Waals surface area contributed by atoms with E-state index in [1.165, 1.54) is 0 Å². The molecular formula is C21H20N2O3. The molecule has 0 unspecified atom stereocenters. The molecule has 1 atom stereocenters. The highest BCUT2D eigenvalue weighted by Gasteiger charge is 2.18. The molecule has 0 aliphatic rings. The highest BCUT2D eigenvalue weighted by molar-refractivity contribution is 5.85. The third-order valence-corrected chi connectivity index (χ3v) is 4.16. The molecule has 2 amide bonds. The molecule has 3 N–H and O–H groups in total. The van der Waals surface area contributed by atoms with E-state index in [9.17, 15) is 9.59 Å². The molecule has 0 bridgehead atoms. The molecule has 0 aromatic heterocycles. The van der Waals surface area contributed by atoms with Gasteiger partial charge in [0.25, 0.3) is 0 Å². The van der Waals surface area contributed by atoms with Gasteiger partial charge in [-0.25, -0.2) is 4.79 Å². The maximum atomic E-state index is 12.3. The van der Waals surface area contributed by atoms with Crippen molar-refractivity contribution in [3.63, 3.8) is 0 Å². The quantitative estimate of drug-likeness (QED) is 0.667. The first kappa shape index (κ1) is 17.5. The Morgan fingerprint density at radius 1 is 0.923 bits per heavy atom. The standard InChI is InChI=1S/C21H20N2O3/c22-21(25)23-19(16-8-2-1-3-9-16)13-20(24)26-14-17-11-6-10-15-7-4-5-12-18(15)17/h1-12,19H,13-14H2,(H3,22,23,25)/t19-/m0/s1. The van der Waals surface area contributed by atoms with E-state index in [4.69, 9.17) is 10.5 Å². The molecule has 0 aliphatic heterocycles. The van der Waals surface area contributed by atoms with Crippen LogP contribution in [0.25, 0.3) is 10.8 Å². The summed E-state index contributed by atoms with van der Waals surface area (Å²) in [6, 6.07) is 21.8. The highest BCUT2D eigenvalue weighted by atomic mass is 16.5. The van der Waals surface area contributed by atoms with Crippen LogP contribution in [0.3, 0.4) is 0 Å². The predicted molar refractivity (Wildman–Crippen MR) is 100 cm³/mol. The molecule has 3 rings (SSSR count). The minimum absolute atomic E-state index is 0.0116. The molecule has 0 fully saturated rings.